The van der Waals surface area contributed by atoms with Gasteiger partial charge >= 0.3 is 6.03 Å². The van der Waals surface area contributed by atoms with E-state index in [4.69, 9.17) is 5.73 Å². The zero-order valence-corrected chi connectivity index (χ0v) is 10.3. The lowest BCUT2D eigenvalue weighted by Crippen LogP contribution is -2.52. The van der Waals surface area contributed by atoms with Crippen LogP contribution < -0.4 is 21.3 Å². The molecule has 7 nitrogen and oxygen atoms in total. The number of rotatable bonds is 2. The first kappa shape index (κ1) is 12.9. The lowest BCUT2D eigenvalue weighted by atomic mass is 10.1. The molecule has 1 aliphatic heterocycles. The van der Waals surface area contributed by atoms with E-state index in [2.05, 4.69) is 10.6 Å². The largest absolute Gasteiger partial charge is 0.352 e. The molecule has 0 saturated carbocycles. The molecule has 7 heteroatoms. The first-order valence-corrected chi connectivity index (χ1v) is 5.75. The van der Waals surface area contributed by atoms with Crippen molar-refractivity contribution in [2.75, 3.05) is 16.8 Å². The van der Waals surface area contributed by atoms with Gasteiger partial charge in [-0.15, -0.1) is 0 Å². The van der Waals surface area contributed by atoms with Crippen molar-refractivity contribution in [1.29, 1.82) is 0 Å². The second-order valence-corrected chi connectivity index (χ2v) is 4.22. The number of urea groups is 1. The molecule has 0 fully saturated rings. The van der Waals surface area contributed by atoms with Crippen LogP contribution in [0.25, 0.3) is 0 Å². The third-order valence-electron chi connectivity index (χ3n) is 2.77. The van der Waals surface area contributed by atoms with Crippen LogP contribution in [0.15, 0.2) is 24.3 Å². The number of nitrogens with zero attached hydrogens (tertiary/aromatic N) is 1. The van der Waals surface area contributed by atoms with Gasteiger partial charge in [0.2, 0.25) is 11.8 Å². The number of carbonyl (C=O) groups is 3. The van der Waals surface area contributed by atoms with Crippen LogP contribution >= 0.6 is 0 Å². The zero-order chi connectivity index (χ0) is 14.0. The summed E-state index contributed by atoms with van der Waals surface area (Å²) < 4.78 is 0. The molecule has 0 radical (unpaired) electrons. The monoisotopic (exact) mass is 262 g/mol. The lowest BCUT2D eigenvalue weighted by molar-refractivity contribution is -0.122. The quantitative estimate of drug-likeness (QED) is 0.700. The second kappa shape index (κ2) is 4.97. The Morgan fingerprint density at radius 3 is 2.79 bits per heavy atom. The molecule has 1 heterocycles. The predicted molar refractivity (Wildman–Crippen MR) is 69.6 cm³/mol. The van der Waals surface area contributed by atoms with Crippen molar-refractivity contribution >= 4 is 29.2 Å². The molecule has 1 aromatic carbocycles. The average molecular weight is 262 g/mol. The highest BCUT2D eigenvalue weighted by atomic mass is 16.2. The Bertz CT molecular complexity index is 544. The van der Waals surface area contributed by atoms with Gasteiger partial charge in [-0.25, -0.2) is 4.79 Å². The molecule has 1 aliphatic rings. The van der Waals surface area contributed by atoms with Gasteiger partial charge in [0.1, 0.15) is 12.6 Å². The summed E-state index contributed by atoms with van der Waals surface area (Å²) in [6.45, 7) is 1.43. The number of amides is 4. The summed E-state index contributed by atoms with van der Waals surface area (Å²) >= 11 is 0. The summed E-state index contributed by atoms with van der Waals surface area (Å²) in [6.07, 6.45) is 0. The van der Waals surface area contributed by atoms with E-state index in [-0.39, 0.29) is 18.4 Å². The lowest BCUT2D eigenvalue weighted by Gasteiger charge is -2.31. The van der Waals surface area contributed by atoms with Crippen LogP contribution in [0.2, 0.25) is 0 Å². The van der Waals surface area contributed by atoms with Gasteiger partial charge in [-0.1, -0.05) is 12.1 Å². The van der Waals surface area contributed by atoms with E-state index in [0.29, 0.717) is 11.4 Å². The molecule has 1 aromatic rings. The Kier molecular flexibility index (Phi) is 3.37. The van der Waals surface area contributed by atoms with E-state index in [9.17, 15) is 14.4 Å². The highest BCUT2D eigenvalue weighted by Gasteiger charge is 2.29. The van der Waals surface area contributed by atoms with Crippen LogP contribution in [0.5, 0.6) is 0 Å². The number of para-hydroxylation sites is 2. The van der Waals surface area contributed by atoms with Crippen LogP contribution in [-0.4, -0.2) is 30.4 Å². The fraction of sp³-hybridized carbons (Fsp3) is 0.250. The Labute approximate surface area is 109 Å². The van der Waals surface area contributed by atoms with Crippen LogP contribution in [-0.2, 0) is 9.59 Å². The minimum Gasteiger partial charge on any atom is -0.352 e. The van der Waals surface area contributed by atoms with Gasteiger partial charge in [0.25, 0.3) is 0 Å². The van der Waals surface area contributed by atoms with Gasteiger partial charge in [-0.05, 0) is 19.1 Å². The van der Waals surface area contributed by atoms with Crippen molar-refractivity contribution in [2.24, 2.45) is 5.73 Å². The standard InChI is InChI=1S/C12H14N4O3/c1-7(14-12(13)19)11(18)16-6-10(17)15-8-4-2-3-5-9(8)16/h2-5,7H,6H2,1H3,(H,15,17)(H3,13,14,19)/t7-/m0/s1. The highest BCUT2D eigenvalue weighted by molar-refractivity contribution is 6.11. The smallest absolute Gasteiger partial charge is 0.312 e. The molecular formula is C12H14N4O3. The number of fused-ring (bicyclic) bond motifs is 1. The molecule has 100 valence electrons. The molecule has 19 heavy (non-hydrogen) atoms. The van der Waals surface area contributed by atoms with Gasteiger partial charge in [0, 0.05) is 0 Å². The highest BCUT2D eigenvalue weighted by Crippen LogP contribution is 2.29. The van der Waals surface area contributed by atoms with E-state index in [1.165, 1.54) is 11.8 Å². The van der Waals surface area contributed by atoms with Crippen molar-refractivity contribution < 1.29 is 14.4 Å². The number of carbonyl (C=O) groups excluding carboxylic acids is 3. The topological polar surface area (TPSA) is 105 Å². The Balaban J connectivity index is 2.27. The van der Waals surface area contributed by atoms with Crippen molar-refractivity contribution in [2.45, 2.75) is 13.0 Å². The molecule has 0 unspecified atom stereocenters. The molecule has 2 rings (SSSR count). The maximum Gasteiger partial charge on any atom is 0.312 e. The van der Waals surface area contributed by atoms with Gasteiger partial charge in [0.15, 0.2) is 0 Å². The number of nitrogens with two attached hydrogens (primary N) is 1. The Morgan fingerprint density at radius 2 is 2.11 bits per heavy atom. The maximum atomic E-state index is 12.2. The minimum absolute atomic E-state index is 0.0827. The molecule has 4 amide bonds. The van der Waals surface area contributed by atoms with Crippen LogP contribution in [0.1, 0.15) is 6.92 Å². The molecule has 0 saturated heterocycles. The van der Waals surface area contributed by atoms with Crippen molar-refractivity contribution in [3.8, 4) is 0 Å². The number of hydrogen-bond acceptors (Lipinski definition) is 3. The first-order chi connectivity index (χ1) is 8.99. The number of hydrogen-bond donors (Lipinski definition) is 3. The maximum absolute atomic E-state index is 12.2. The van der Waals surface area contributed by atoms with E-state index in [1.54, 1.807) is 24.3 Å². The Morgan fingerprint density at radius 1 is 1.42 bits per heavy atom. The van der Waals surface area contributed by atoms with E-state index >= 15 is 0 Å². The van der Waals surface area contributed by atoms with Crippen LogP contribution in [0.3, 0.4) is 0 Å². The predicted octanol–water partition coefficient (Wildman–Crippen LogP) is 0.0285. The van der Waals surface area contributed by atoms with Gasteiger partial charge in [-0.2, -0.15) is 0 Å². The summed E-state index contributed by atoms with van der Waals surface area (Å²) in [6, 6.07) is 5.38. The molecule has 4 N–H and O–H groups in total. The molecule has 0 spiro atoms. The summed E-state index contributed by atoms with van der Waals surface area (Å²) in [5, 5.41) is 4.98. The number of primary amides is 1. The number of anilines is 2. The summed E-state index contributed by atoms with van der Waals surface area (Å²) in [4.78, 5) is 35.9. The van der Waals surface area contributed by atoms with Crippen LogP contribution in [0, 0.1) is 0 Å². The van der Waals surface area contributed by atoms with Gasteiger partial charge in [-0.3, -0.25) is 14.5 Å². The van der Waals surface area contributed by atoms with E-state index in [1.807, 2.05) is 0 Å². The minimum atomic E-state index is -0.795. The van der Waals surface area contributed by atoms with E-state index < -0.39 is 12.1 Å². The third-order valence-corrected chi connectivity index (χ3v) is 2.77. The molecular weight excluding hydrogens is 248 g/mol. The summed E-state index contributed by atoms with van der Waals surface area (Å²) in [7, 11) is 0. The van der Waals surface area contributed by atoms with Crippen LogP contribution in [0.4, 0.5) is 16.2 Å². The van der Waals surface area contributed by atoms with Crippen molar-refractivity contribution in [1.82, 2.24) is 5.32 Å². The van der Waals surface area contributed by atoms with Crippen molar-refractivity contribution in [3.63, 3.8) is 0 Å². The normalized spacial score (nSPS) is 15.2. The molecule has 0 aliphatic carbocycles. The molecule has 0 bridgehead atoms. The first-order valence-electron chi connectivity index (χ1n) is 5.75. The fourth-order valence-corrected chi connectivity index (χ4v) is 1.94. The number of nitrogens with one attached hydrogen (secondary N) is 2. The second-order valence-electron chi connectivity index (χ2n) is 4.22. The van der Waals surface area contributed by atoms with Crippen molar-refractivity contribution in [3.05, 3.63) is 24.3 Å². The average Bonchev–Trinajstić information content (AvgIpc) is 2.36. The van der Waals surface area contributed by atoms with E-state index in [0.717, 1.165) is 0 Å². The molecule has 0 aromatic heterocycles. The summed E-state index contributed by atoms with van der Waals surface area (Å²) in [5.74, 6) is -0.667. The molecule has 1 atom stereocenters. The van der Waals surface area contributed by atoms with Gasteiger partial charge < -0.3 is 16.4 Å². The third kappa shape index (κ3) is 2.65. The number of benzene rings is 1. The zero-order valence-electron chi connectivity index (χ0n) is 10.3. The Hall–Kier alpha value is -2.57. The summed E-state index contributed by atoms with van der Waals surface area (Å²) in [5.41, 5.74) is 6.15. The SMILES string of the molecule is C[C@H](NC(N)=O)C(=O)N1CC(=O)Nc2ccccc21. The van der Waals surface area contributed by atoms with Gasteiger partial charge in [0.05, 0.1) is 11.4 Å². The fourth-order valence-electron chi connectivity index (χ4n) is 1.94.